The summed E-state index contributed by atoms with van der Waals surface area (Å²) in [5.41, 5.74) is 0.886. The Balaban J connectivity index is 2.45. The highest BCUT2D eigenvalue weighted by Gasteiger charge is 2.37. The molecular weight excluding hydrogens is 219 g/mol. The first-order chi connectivity index (χ1) is 7.41. The van der Waals surface area contributed by atoms with Crippen LogP contribution in [-0.4, -0.2) is 23.9 Å². The van der Waals surface area contributed by atoms with E-state index in [0.29, 0.717) is 0 Å². The van der Waals surface area contributed by atoms with Gasteiger partial charge in [0.05, 0.1) is 0 Å². The maximum absolute atomic E-state index is 12.0. The number of hydrogen-bond acceptors (Lipinski definition) is 2. The fourth-order valence-electron chi connectivity index (χ4n) is 1.26. The van der Waals surface area contributed by atoms with Crippen molar-refractivity contribution in [3.05, 3.63) is 35.9 Å². The zero-order valence-electron chi connectivity index (χ0n) is 8.83. The van der Waals surface area contributed by atoms with Crippen LogP contribution in [0.4, 0.5) is 13.2 Å². The molecule has 0 aliphatic carbocycles. The fraction of sp³-hybridized carbons (Fsp3) is 0.455. The molecule has 5 heteroatoms. The SMILES string of the molecule is C[C@@H](NCC(O)C(F)(F)F)c1ccccc1. The summed E-state index contributed by atoms with van der Waals surface area (Å²) in [7, 11) is 0. The molecule has 0 aromatic heterocycles. The lowest BCUT2D eigenvalue weighted by atomic mass is 10.1. The van der Waals surface area contributed by atoms with Crippen LogP contribution in [0.1, 0.15) is 18.5 Å². The van der Waals surface area contributed by atoms with Crippen LogP contribution < -0.4 is 5.32 Å². The molecule has 0 radical (unpaired) electrons. The molecule has 0 saturated heterocycles. The Morgan fingerprint density at radius 2 is 1.81 bits per heavy atom. The second-order valence-corrected chi connectivity index (χ2v) is 3.60. The average molecular weight is 233 g/mol. The number of rotatable bonds is 4. The number of aliphatic hydroxyl groups excluding tert-OH is 1. The lowest BCUT2D eigenvalue weighted by Gasteiger charge is -2.19. The van der Waals surface area contributed by atoms with Crippen molar-refractivity contribution in [3.8, 4) is 0 Å². The van der Waals surface area contributed by atoms with E-state index in [0.717, 1.165) is 5.56 Å². The molecule has 0 saturated carbocycles. The van der Waals surface area contributed by atoms with Crippen molar-refractivity contribution in [3.63, 3.8) is 0 Å². The topological polar surface area (TPSA) is 32.3 Å². The molecule has 0 aliphatic rings. The number of alkyl halides is 3. The summed E-state index contributed by atoms with van der Waals surface area (Å²) < 4.78 is 36.0. The van der Waals surface area contributed by atoms with Gasteiger partial charge in [0.1, 0.15) is 0 Å². The predicted molar refractivity (Wildman–Crippen MR) is 54.9 cm³/mol. The van der Waals surface area contributed by atoms with Crippen molar-refractivity contribution in [2.75, 3.05) is 6.54 Å². The first-order valence-electron chi connectivity index (χ1n) is 4.94. The van der Waals surface area contributed by atoms with Crippen LogP contribution in [0.2, 0.25) is 0 Å². The minimum Gasteiger partial charge on any atom is -0.382 e. The van der Waals surface area contributed by atoms with Crippen LogP contribution in [0, 0.1) is 0 Å². The fourth-order valence-corrected chi connectivity index (χ4v) is 1.26. The predicted octanol–water partition coefficient (Wildman–Crippen LogP) is 2.26. The van der Waals surface area contributed by atoms with Crippen LogP contribution in [0.25, 0.3) is 0 Å². The highest BCUT2D eigenvalue weighted by Crippen LogP contribution is 2.20. The van der Waals surface area contributed by atoms with Gasteiger partial charge in [-0.05, 0) is 12.5 Å². The van der Waals surface area contributed by atoms with E-state index in [4.69, 9.17) is 5.11 Å². The van der Waals surface area contributed by atoms with Crippen LogP contribution >= 0.6 is 0 Å². The molecule has 0 bridgehead atoms. The second-order valence-electron chi connectivity index (χ2n) is 3.60. The average Bonchev–Trinajstić information content (AvgIpc) is 2.25. The molecule has 1 aromatic carbocycles. The minimum atomic E-state index is -4.57. The van der Waals surface area contributed by atoms with Gasteiger partial charge in [-0.2, -0.15) is 13.2 Å². The summed E-state index contributed by atoms with van der Waals surface area (Å²) in [4.78, 5) is 0. The third-order valence-corrected chi connectivity index (χ3v) is 2.29. The lowest BCUT2D eigenvalue weighted by Crippen LogP contribution is -2.39. The van der Waals surface area contributed by atoms with E-state index in [1.807, 2.05) is 30.3 Å². The molecule has 0 spiro atoms. The van der Waals surface area contributed by atoms with Gasteiger partial charge in [-0.1, -0.05) is 30.3 Å². The molecule has 0 fully saturated rings. The van der Waals surface area contributed by atoms with Crippen molar-refractivity contribution in [1.82, 2.24) is 5.32 Å². The zero-order chi connectivity index (χ0) is 12.2. The summed E-state index contributed by atoms with van der Waals surface area (Å²) in [5.74, 6) is 0. The van der Waals surface area contributed by atoms with Gasteiger partial charge in [-0.15, -0.1) is 0 Å². The molecular formula is C11H14F3NO. The van der Waals surface area contributed by atoms with E-state index < -0.39 is 18.8 Å². The van der Waals surface area contributed by atoms with Crippen LogP contribution in [-0.2, 0) is 0 Å². The van der Waals surface area contributed by atoms with Crippen molar-refractivity contribution in [1.29, 1.82) is 0 Å². The largest absolute Gasteiger partial charge is 0.415 e. The summed E-state index contributed by atoms with van der Waals surface area (Å²) in [6.07, 6.45) is -6.89. The third kappa shape index (κ3) is 3.83. The molecule has 2 nitrogen and oxygen atoms in total. The third-order valence-electron chi connectivity index (χ3n) is 2.29. The number of nitrogens with one attached hydrogen (secondary N) is 1. The van der Waals surface area contributed by atoms with Gasteiger partial charge in [-0.3, -0.25) is 0 Å². The van der Waals surface area contributed by atoms with Crippen LogP contribution in [0.5, 0.6) is 0 Å². The van der Waals surface area contributed by atoms with Gasteiger partial charge < -0.3 is 10.4 Å². The smallest absolute Gasteiger partial charge is 0.382 e. The van der Waals surface area contributed by atoms with E-state index >= 15 is 0 Å². The molecule has 0 aliphatic heterocycles. The van der Waals surface area contributed by atoms with E-state index in [1.165, 1.54) is 0 Å². The molecule has 1 rings (SSSR count). The number of hydrogen-bond donors (Lipinski definition) is 2. The number of benzene rings is 1. The van der Waals surface area contributed by atoms with Gasteiger partial charge in [-0.25, -0.2) is 0 Å². The standard InChI is InChI=1S/C11H14F3NO/c1-8(9-5-3-2-4-6-9)15-7-10(16)11(12,13)14/h2-6,8,10,15-16H,7H2,1H3/t8-,10?/m1/s1. The van der Waals surface area contributed by atoms with Crippen molar-refractivity contribution in [2.45, 2.75) is 25.2 Å². The highest BCUT2D eigenvalue weighted by atomic mass is 19.4. The van der Waals surface area contributed by atoms with Crippen molar-refractivity contribution in [2.24, 2.45) is 0 Å². The molecule has 2 atom stereocenters. The molecule has 0 amide bonds. The Labute approximate surface area is 92.1 Å². The van der Waals surface area contributed by atoms with E-state index in [2.05, 4.69) is 5.32 Å². The lowest BCUT2D eigenvalue weighted by molar-refractivity contribution is -0.202. The second kappa shape index (κ2) is 5.32. The maximum Gasteiger partial charge on any atom is 0.415 e. The van der Waals surface area contributed by atoms with Gasteiger partial charge in [0.25, 0.3) is 0 Å². The molecule has 0 heterocycles. The molecule has 1 aromatic rings. The van der Waals surface area contributed by atoms with E-state index in [-0.39, 0.29) is 6.04 Å². The quantitative estimate of drug-likeness (QED) is 0.836. The van der Waals surface area contributed by atoms with Gasteiger partial charge in [0.2, 0.25) is 0 Å². The summed E-state index contributed by atoms with van der Waals surface area (Å²) in [6, 6.07) is 8.87. The van der Waals surface area contributed by atoms with Crippen LogP contribution in [0.3, 0.4) is 0 Å². The zero-order valence-corrected chi connectivity index (χ0v) is 8.83. The Bertz CT molecular complexity index is 313. The number of halogens is 3. The summed E-state index contributed by atoms with van der Waals surface area (Å²) >= 11 is 0. The normalized spacial score (nSPS) is 15.8. The summed E-state index contributed by atoms with van der Waals surface area (Å²) in [6.45, 7) is 1.25. The summed E-state index contributed by atoms with van der Waals surface area (Å²) in [5, 5.41) is 11.4. The van der Waals surface area contributed by atoms with Crippen LogP contribution in [0.15, 0.2) is 30.3 Å². The van der Waals surface area contributed by atoms with E-state index in [9.17, 15) is 13.2 Å². The molecule has 16 heavy (non-hydrogen) atoms. The Morgan fingerprint density at radius 1 is 1.25 bits per heavy atom. The first-order valence-corrected chi connectivity index (χ1v) is 4.94. The van der Waals surface area contributed by atoms with Gasteiger partial charge in [0.15, 0.2) is 6.10 Å². The van der Waals surface area contributed by atoms with Crippen molar-refractivity contribution >= 4 is 0 Å². The van der Waals surface area contributed by atoms with Gasteiger partial charge in [0, 0.05) is 12.6 Å². The highest BCUT2D eigenvalue weighted by molar-refractivity contribution is 5.17. The maximum atomic E-state index is 12.0. The van der Waals surface area contributed by atoms with Gasteiger partial charge >= 0.3 is 6.18 Å². The van der Waals surface area contributed by atoms with Crippen molar-refractivity contribution < 1.29 is 18.3 Å². The number of aliphatic hydroxyl groups is 1. The molecule has 1 unspecified atom stereocenters. The minimum absolute atomic E-state index is 0.224. The molecule has 90 valence electrons. The monoisotopic (exact) mass is 233 g/mol. The Morgan fingerprint density at radius 3 is 2.31 bits per heavy atom. The molecule has 2 N–H and O–H groups in total. The van der Waals surface area contributed by atoms with E-state index in [1.54, 1.807) is 6.92 Å². The Kier molecular flexibility index (Phi) is 4.32. The first kappa shape index (κ1) is 13.0. The Hall–Kier alpha value is -1.07.